The number of para-hydroxylation sites is 1. The molecule has 0 fully saturated rings. The Balaban J connectivity index is 2.06. The lowest BCUT2D eigenvalue weighted by molar-refractivity contribution is 0.590. The molecular formula is C20H22N2. The van der Waals surface area contributed by atoms with Crippen LogP contribution in [0.3, 0.4) is 0 Å². The lowest BCUT2D eigenvalue weighted by Gasteiger charge is -2.19. The molecule has 0 unspecified atom stereocenters. The van der Waals surface area contributed by atoms with E-state index in [0.29, 0.717) is 0 Å². The molecule has 3 rings (SSSR count). The van der Waals surface area contributed by atoms with Gasteiger partial charge in [-0.25, -0.2) is 4.68 Å². The van der Waals surface area contributed by atoms with E-state index in [9.17, 15) is 0 Å². The van der Waals surface area contributed by atoms with Crippen molar-refractivity contribution in [1.82, 2.24) is 9.78 Å². The van der Waals surface area contributed by atoms with Crippen molar-refractivity contribution < 1.29 is 0 Å². The third-order valence-corrected chi connectivity index (χ3v) is 3.88. The SMILES string of the molecule is Cc1cc(-c2ccc(C(C)(C)C)cc2)n(-c2ccccc2)n1. The highest BCUT2D eigenvalue weighted by Crippen LogP contribution is 2.28. The molecule has 0 radical (unpaired) electrons. The molecule has 22 heavy (non-hydrogen) atoms. The van der Waals surface area contributed by atoms with Crippen LogP contribution in [0.25, 0.3) is 16.9 Å². The van der Waals surface area contributed by atoms with Gasteiger partial charge >= 0.3 is 0 Å². The van der Waals surface area contributed by atoms with E-state index < -0.39 is 0 Å². The van der Waals surface area contributed by atoms with Gasteiger partial charge in [0.1, 0.15) is 0 Å². The lowest BCUT2D eigenvalue weighted by Crippen LogP contribution is -2.10. The first-order chi connectivity index (χ1) is 10.4. The lowest BCUT2D eigenvalue weighted by atomic mass is 9.86. The minimum Gasteiger partial charge on any atom is -0.233 e. The van der Waals surface area contributed by atoms with Crippen LogP contribution >= 0.6 is 0 Å². The molecule has 2 heteroatoms. The van der Waals surface area contributed by atoms with Crippen molar-refractivity contribution in [1.29, 1.82) is 0 Å². The predicted molar refractivity (Wildman–Crippen MR) is 92.4 cm³/mol. The van der Waals surface area contributed by atoms with Gasteiger partial charge in [-0.3, -0.25) is 0 Å². The Morgan fingerprint density at radius 2 is 1.50 bits per heavy atom. The fourth-order valence-electron chi connectivity index (χ4n) is 2.61. The fourth-order valence-corrected chi connectivity index (χ4v) is 2.61. The second-order valence-electron chi connectivity index (χ2n) is 6.75. The molecule has 0 N–H and O–H groups in total. The smallest absolute Gasteiger partial charge is 0.0743 e. The van der Waals surface area contributed by atoms with Crippen molar-refractivity contribution >= 4 is 0 Å². The van der Waals surface area contributed by atoms with E-state index in [1.165, 1.54) is 11.1 Å². The first kappa shape index (κ1) is 14.6. The molecular weight excluding hydrogens is 268 g/mol. The summed E-state index contributed by atoms with van der Waals surface area (Å²) < 4.78 is 2.02. The number of nitrogens with zero attached hydrogens (tertiary/aromatic N) is 2. The number of aryl methyl sites for hydroxylation is 1. The number of hydrogen-bond donors (Lipinski definition) is 0. The fraction of sp³-hybridized carbons (Fsp3) is 0.250. The largest absolute Gasteiger partial charge is 0.233 e. The molecule has 1 heterocycles. The number of aromatic nitrogens is 2. The highest BCUT2D eigenvalue weighted by Gasteiger charge is 2.14. The van der Waals surface area contributed by atoms with Crippen LogP contribution in [0, 0.1) is 6.92 Å². The summed E-state index contributed by atoms with van der Waals surface area (Å²) in [5.41, 5.74) is 5.96. The van der Waals surface area contributed by atoms with E-state index in [-0.39, 0.29) is 5.41 Å². The van der Waals surface area contributed by atoms with E-state index in [1.54, 1.807) is 0 Å². The molecule has 0 spiro atoms. The molecule has 0 aliphatic carbocycles. The standard InChI is InChI=1S/C20H22N2/c1-15-14-19(22(21-15)18-8-6-5-7-9-18)16-10-12-17(13-11-16)20(2,3)4/h5-14H,1-4H3. The minimum absolute atomic E-state index is 0.175. The number of rotatable bonds is 2. The summed E-state index contributed by atoms with van der Waals surface area (Å²) in [5, 5.41) is 4.65. The maximum absolute atomic E-state index is 4.65. The molecule has 1 aromatic heterocycles. The average molecular weight is 290 g/mol. The Kier molecular flexibility index (Phi) is 3.61. The maximum atomic E-state index is 4.65. The summed E-state index contributed by atoms with van der Waals surface area (Å²) in [4.78, 5) is 0. The molecule has 0 bridgehead atoms. The van der Waals surface area contributed by atoms with Gasteiger partial charge in [0.25, 0.3) is 0 Å². The first-order valence-electron chi connectivity index (χ1n) is 7.68. The third-order valence-electron chi connectivity index (χ3n) is 3.88. The molecule has 0 aliphatic rings. The zero-order valence-corrected chi connectivity index (χ0v) is 13.7. The van der Waals surface area contributed by atoms with Gasteiger partial charge in [-0.1, -0.05) is 63.2 Å². The zero-order valence-electron chi connectivity index (χ0n) is 13.7. The summed E-state index contributed by atoms with van der Waals surface area (Å²) in [6.45, 7) is 8.74. The monoisotopic (exact) mass is 290 g/mol. The van der Waals surface area contributed by atoms with Crippen molar-refractivity contribution in [3.8, 4) is 16.9 Å². The van der Waals surface area contributed by atoms with Crippen LogP contribution in [-0.2, 0) is 5.41 Å². The topological polar surface area (TPSA) is 17.8 Å². The Bertz CT molecular complexity index is 760. The van der Waals surface area contributed by atoms with Crippen molar-refractivity contribution in [3.63, 3.8) is 0 Å². The van der Waals surface area contributed by atoms with Gasteiger partial charge in [-0.15, -0.1) is 0 Å². The van der Waals surface area contributed by atoms with Gasteiger partial charge < -0.3 is 0 Å². The average Bonchev–Trinajstić information content (AvgIpc) is 2.89. The second-order valence-corrected chi connectivity index (χ2v) is 6.75. The van der Waals surface area contributed by atoms with Gasteiger partial charge in [0, 0.05) is 5.56 Å². The number of benzene rings is 2. The van der Waals surface area contributed by atoms with Crippen LogP contribution in [0.2, 0.25) is 0 Å². The quantitative estimate of drug-likeness (QED) is 0.638. The van der Waals surface area contributed by atoms with Crippen molar-refractivity contribution in [3.05, 3.63) is 71.9 Å². The van der Waals surface area contributed by atoms with Crippen molar-refractivity contribution in [2.75, 3.05) is 0 Å². The molecule has 0 saturated heterocycles. The molecule has 3 aromatic rings. The van der Waals surface area contributed by atoms with E-state index in [4.69, 9.17) is 0 Å². The van der Waals surface area contributed by atoms with Crippen LogP contribution in [0.1, 0.15) is 32.0 Å². The maximum Gasteiger partial charge on any atom is 0.0743 e. The van der Waals surface area contributed by atoms with Gasteiger partial charge in [0.05, 0.1) is 17.1 Å². The van der Waals surface area contributed by atoms with Crippen molar-refractivity contribution in [2.24, 2.45) is 0 Å². The Morgan fingerprint density at radius 3 is 2.09 bits per heavy atom. The van der Waals surface area contributed by atoms with Gasteiger partial charge in [0.2, 0.25) is 0 Å². The molecule has 0 aliphatic heterocycles. The second kappa shape index (κ2) is 5.45. The summed E-state index contributed by atoms with van der Waals surface area (Å²) in [7, 11) is 0. The van der Waals surface area contributed by atoms with E-state index in [2.05, 4.69) is 68.3 Å². The molecule has 0 atom stereocenters. The van der Waals surface area contributed by atoms with E-state index >= 15 is 0 Å². The van der Waals surface area contributed by atoms with Crippen LogP contribution in [0.5, 0.6) is 0 Å². The predicted octanol–water partition coefficient (Wildman–Crippen LogP) is 5.15. The zero-order chi connectivity index (χ0) is 15.7. The Hall–Kier alpha value is -2.35. The molecule has 2 nitrogen and oxygen atoms in total. The summed E-state index contributed by atoms with van der Waals surface area (Å²) in [5.74, 6) is 0. The molecule has 0 saturated carbocycles. The van der Waals surface area contributed by atoms with Crippen LogP contribution in [0.15, 0.2) is 60.7 Å². The van der Waals surface area contributed by atoms with E-state index in [1.807, 2.05) is 29.8 Å². The Labute approximate surface area is 132 Å². The van der Waals surface area contributed by atoms with Crippen LogP contribution < -0.4 is 0 Å². The van der Waals surface area contributed by atoms with Gasteiger partial charge in [0.15, 0.2) is 0 Å². The van der Waals surface area contributed by atoms with Crippen LogP contribution in [0.4, 0.5) is 0 Å². The molecule has 112 valence electrons. The summed E-state index contributed by atoms with van der Waals surface area (Å²) in [6.07, 6.45) is 0. The highest BCUT2D eigenvalue weighted by molar-refractivity contribution is 5.63. The third kappa shape index (κ3) is 2.82. The van der Waals surface area contributed by atoms with E-state index in [0.717, 1.165) is 17.1 Å². The van der Waals surface area contributed by atoms with Gasteiger partial charge in [-0.2, -0.15) is 5.10 Å². The molecule has 0 amide bonds. The van der Waals surface area contributed by atoms with Crippen molar-refractivity contribution in [2.45, 2.75) is 33.1 Å². The minimum atomic E-state index is 0.175. The van der Waals surface area contributed by atoms with Crippen LogP contribution in [-0.4, -0.2) is 9.78 Å². The normalized spacial score (nSPS) is 11.6. The Morgan fingerprint density at radius 1 is 0.864 bits per heavy atom. The highest BCUT2D eigenvalue weighted by atomic mass is 15.3. The number of hydrogen-bond acceptors (Lipinski definition) is 1. The summed E-state index contributed by atoms with van der Waals surface area (Å²) >= 11 is 0. The first-order valence-corrected chi connectivity index (χ1v) is 7.68. The van der Waals surface area contributed by atoms with Gasteiger partial charge in [-0.05, 0) is 36.1 Å². The molecule has 2 aromatic carbocycles. The summed E-state index contributed by atoms with van der Waals surface area (Å²) in [6, 6.07) is 21.2.